The van der Waals surface area contributed by atoms with Crippen molar-refractivity contribution < 1.29 is 19.1 Å². The van der Waals surface area contributed by atoms with Gasteiger partial charge < -0.3 is 19.3 Å². The van der Waals surface area contributed by atoms with Crippen molar-refractivity contribution in [3.8, 4) is 5.75 Å². The van der Waals surface area contributed by atoms with Gasteiger partial charge in [-0.05, 0) is 23.1 Å². The number of ether oxygens (including phenoxy) is 2. The van der Waals surface area contributed by atoms with Crippen molar-refractivity contribution in [3.63, 3.8) is 0 Å². The second-order valence-corrected chi connectivity index (χ2v) is 8.03. The molecule has 2 aliphatic heterocycles. The number of nitrogens with zero attached hydrogens (tertiary/aromatic N) is 2. The molecule has 0 N–H and O–H groups in total. The SMILES string of the molecule is COc1ccccc1[C@@H]1CN(C(=O)c2cccs2)C[C@H]1C(=O)N1CCOCC1. The molecule has 2 atom stereocenters. The lowest BCUT2D eigenvalue weighted by Crippen LogP contribution is -2.45. The molecule has 7 heteroatoms. The van der Waals surface area contributed by atoms with Crippen molar-refractivity contribution >= 4 is 23.2 Å². The molecule has 2 aromatic rings. The van der Waals surface area contributed by atoms with Gasteiger partial charge in [-0.2, -0.15) is 0 Å². The molecule has 0 spiro atoms. The molecule has 0 unspecified atom stereocenters. The first kappa shape index (κ1) is 19.0. The van der Waals surface area contributed by atoms with E-state index >= 15 is 0 Å². The van der Waals surface area contributed by atoms with Crippen molar-refractivity contribution in [2.24, 2.45) is 5.92 Å². The molecule has 1 aromatic heterocycles. The lowest BCUT2D eigenvalue weighted by molar-refractivity contribution is -0.139. The summed E-state index contributed by atoms with van der Waals surface area (Å²) in [5.41, 5.74) is 0.984. The highest BCUT2D eigenvalue weighted by molar-refractivity contribution is 7.12. The molecule has 28 heavy (non-hydrogen) atoms. The Hall–Kier alpha value is -2.38. The van der Waals surface area contributed by atoms with Crippen LogP contribution >= 0.6 is 11.3 Å². The quantitative estimate of drug-likeness (QED) is 0.791. The molecule has 0 saturated carbocycles. The third-order valence-corrected chi connectivity index (χ3v) is 6.38. The topological polar surface area (TPSA) is 59.1 Å². The Bertz CT molecular complexity index is 833. The molecule has 2 fully saturated rings. The van der Waals surface area contributed by atoms with E-state index in [0.717, 1.165) is 11.3 Å². The molecule has 3 heterocycles. The average molecular weight is 401 g/mol. The first-order valence-electron chi connectivity index (χ1n) is 9.51. The minimum atomic E-state index is -0.279. The maximum absolute atomic E-state index is 13.3. The summed E-state index contributed by atoms with van der Waals surface area (Å²) in [4.78, 5) is 30.7. The van der Waals surface area contributed by atoms with Gasteiger partial charge in [0.25, 0.3) is 5.91 Å². The average Bonchev–Trinajstić information content (AvgIpc) is 3.43. The normalized spacial score (nSPS) is 22.3. The van der Waals surface area contributed by atoms with E-state index in [1.165, 1.54) is 11.3 Å². The minimum absolute atomic E-state index is 0.00724. The highest BCUT2D eigenvalue weighted by atomic mass is 32.1. The van der Waals surface area contributed by atoms with Crippen LogP contribution in [0.2, 0.25) is 0 Å². The van der Waals surface area contributed by atoms with Crippen LogP contribution in [0.3, 0.4) is 0 Å². The number of carbonyl (C=O) groups is 2. The van der Waals surface area contributed by atoms with Crippen molar-refractivity contribution in [2.75, 3.05) is 46.5 Å². The van der Waals surface area contributed by atoms with Gasteiger partial charge in [0.05, 0.1) is 31.1 Å². The van der Waals surface area contributed by atoms with Gasteiger partial charge in [0.15, 0.2) is 0 Å². The zero-order valence-corrected chi connectivity index (χ0v) is 16.7. The molecular formula is C21H24N2O4S. The fourth-order valence-corrected chi connectivity index (χ4v) is 4.77. The van der Waals surface area contributed by atoms with Crippen LogP contribution in [0.1, 0.15) is 21.2 Å². The summed E-state index contributed by atoms with van der Waals surface area (Å²) in [6, 6.07) is 11.5. The van der Waals surface area contributed by atoms with Gasteiger partial charge in [0, 0.05) is 32.1 Å². The molecule has 1 aromatic carbocycles. The van der Waals surface area contributed by atoms with E-state index in [2.05, 4.69) is 0 Å². The van der Waals surface area contributed by atoms with Crippen LogP contribution in [0.15, 0.2) is 41.8 Å². The van der Waals surface area contributed by atoms with E-state index in [9.17, 15) is 9.59 Å². The maximum atomic E-state index is 13.3. The molecule has 6 nitrogen and oxygen atoms in total. The number of rotatable bonds is 4. The fourth-order valence-electron chi connectivity index (χ4n) is 4.08. The Balaban J connectivity index is 1.63. The van der Waals surface area contributed by atoms with Crippen molar-refractivity contribution in [3.05, 3.63) is 52.2 Å². The van der Waals surface area contributed by atoms with Crippen LogP contribution in [-0.2, 0) is 9.53 Å². The Morgan fingerprint density at radius 2 is 1.86 bits per heavy atom. The minimum Gasteiger partial charge on any atom is -0.496 e. The van der Waals surface area contributed by atoms with Crippen LogP contribution in [0, 0.1) is 5.92 Å². The second kappa shape index (κ2) is 8.32. The zero-order chi connectivity index (χ0) is 19.5. The maximum Gasteiger partial charge on any atom is 0.263 e. The van der Waals surface area contributed by atoms with Crippen molar-refractivity contribution in [1.29, 1.82) is 0 Å². The summed E-state index contributed by atoms with van der Waals surface area (Å²) >= 11 is 1.43. The molecule has 148 valence electrons. The number of likely N-dealkylation sites (tertiary alicyclic amines) is 1. The standard InChI is InChI=1S/C21H24N2O4S/c1-26-18-6-3-2-5-15(18)16-13-23(21(25)19-7-4-12-28-19)14-17(16)20(24)22-8-10-27-11-9-22/h2-7,12,16-17H,8-11,13-14H2,1H3/t16-,17+/m0/s1. The first-order chi connectivity index (χ1) is 13.7. The van der Waals surface area contributed by atoms with Crippen molar-refractivity contribution in [1.82, 2.24) is 9.80 Å². The largest absolute Gasteiger partial charge is 0.496 e. The van der Waals surface area contributed by atoms with Crippen LogP contribution in [0.4, 0.5) is 0 Å². The smallest absolute Gasteiger partial charge is 0.263 e. The van der Waals surface area contributed by atoms with E-state index in [-0.39, 0.29) is 23.7 Å². The number of methoxy groups -OCH3 is 1. The predicted molar refractivity (Wildman–Crippen MR) is 107 cm³/mol. The van der Waals surface area contributed by atoms with E-state index in [1.54, 1.807) is 7.11 Å². The van der Waals surface area contributed by atoms with Gasteiger partial charge >= 0.3 is 0 Å². The summed E-state index contributed by atoms with van der Waals surface area (Å²) in [6.45, 7) is 3.28. The van der Waals surface area contributed by atoms with Crippen LogP contribution in [0.25, 0.3) is 0 Å². The number of amides is 2. The van der Waals surface area contributed by atoms with Crippen LogP contribution < -0.4 is 4.74 Å². The summed E-state index contributed by atoms with van der Waals surface area (Å²) < 4.78 is 10.9. The molecule has 0 aliphatic carbocycles. The Kier molecular flexibility index (Phi) is 5.64. The third-order valence-electron chi connectivity index (χ3n) is 5.52. The molecule has 4 rings (SSSR count). The summed E-state index contributed by atoms with van der Waals surface area (Å²) in [7, 11) is 1.64. The molecule has 0 bridgehead atoms. The highest BCUT2D eigenvalue weighted by Gasteiger charge is 2.43. The van der Waals surface area contributed by atoms with Crippen molar-refractivity contribution in [2.45, 2.75) is 5.92 Å². The van der Waals surface area contributed by atoms with Gasteiger partial charge in [-0.3, -0.25) is 9.59 Å². The molecular weight excluding hydrogens is 376 g/mol. The van der Waals surface area contributed by atoms with Gasteiger partial charge in [0.1, 0.15) is 5.75 Å². The second-order valence-electron chi connectivity index (χ2n) is 7.08. The number of carbonyl (C=O) groups excluding carboxylic acids is 2. The number of hydrogen-bond acceptors (Lipinski definition) is 5. The summed E-state index contributed by atoms with van der Waals surface area (Å²) in [5.74, 6) is 0.485. The molecule has 2 aliphatic rings. The van der Waals surface area contributed by atoms with Crippen LogP contribution in [-0.4, -0.2) is 68.1 Å². The Labute approximate surface area is 168 Å². The lowest BCUT2D eigenvalue weighted by Gasteiger charge is -2.31. The van der Waals surface area contributed by atoms with Gasteiger partial charge in [-0.25, -0.2) is 0 Å². The number of morpholine rings is 1. The predicted octanol–water partition coefficient (Wildman–Crippen LogP) is 2.47. The van der Waals surface area contributed by atoms with Gasteiger partial charge in [-0.1, -0.05) is 24.3 Å². The summed E-state index contributed by atoms with van der Waals surface area (Å²) in [5, 5.41) is 1.90. The van der Waals surface area contributed by atoms with E-state index in [0.29, 0.717) is 44.3 Å². The molecule has 0 radical (unpaired) electrons. The zero-order valence-electron chi connectivity index (χ0n) is 15.9. The van der Waals surface area contributed by atoms with Gasteiger partial charge in [-0.15, -0.1) is 11.3 Å². The summed E-state index contributed by atoms with van der Waals surface area (Å²) in [6.07, 6.45) is 0. The molecule has 2 saturated heterocycles. The van der Waals surface area contributed by atoms with E-state index in [1.807, 2.05) is 51.6 Å². The first-order valence-corrected chi connectivity index (χ1v) is 10.4. The molecule has 2 amide bonds. The lowest BCUT2D eigenvalue weighted by atomic mass is 9.87. The Morgan fingerprint density at radius 3 is 2.57 bits per heavy atom. The van der Waals surface area contributed by atoms with E-state index < -0.39 is 0 Å². The van der Waals surface area contributed by atoms with Crippen LogP contribution in [0.5, 0.6) is 5.75 Å². The third kappa shape index (κ3) is 3.64. The number of thiophene rings is 1. The van der Waals surface area contributed by atoms with E-state index in [4.69, 9.17) is 9.47 Å². The number of para-hydroxylation sites is 1. The number of hydrogen-bond donors (Lipinski definition) is 0. The fraction of sp³-hybridized carbons (Fsp3) is 0.429. The van der Waals surface area contributed by atoms with Gasteiger partial charge in [0.2, 0.25) is 5.91 Å². The number of benzene rings is 1. The monoisotopic (exact) mass is 400 g/mol. The Morgan fingerprint density at radius 1 is 1.07 bits per heavy atom. The highest BCUT2D eigenvalue weighted by Crippen LogP contribution is 2.39.